The summed E-state index contributed by atoms with van der Waals surface area (Å²) in [6.07, 6.45) is -2.21. The normalized spacial score (nSPS) is 11.6. The summed E-state index contributed by atoms with van der Waals surface area (Å²) in [5, 5.41) is 3.88. The Morgan fingerprint density at radius 3 is 2.56 bits per heavy atom. The van der Waals surface area contributed by atoms with E-state index in [4.69, 9.17) is 27.9 Å². The van der Waals surface area contributed by atoms with Crippen molar-refractivity contribution in [1.29, 1.82) is 0 Å². The number of para-hydroxylation sites is 1. The number of rotatable bonds is 8. The third-order valence-corrected chi connectivity index (χ3v) is 6.93. The first-order chi connectivity index (χ1) is 19.4. The largest absolute Gasteiger partial charge is 0.487 e. The smallest absolute Gasteiger partial charge is 0.416 e. The highest BCUT2D eigenvalue weighted by Gasteiger charge is 2.30. The average molecular weight is 602 g/mol. The molecular formula is C30H24Cl2F3N3O3. The molecular weight excluding hydrogens is 578 g/mol. The highest BCUT2D eigenvalue weighted by atomic mass is 35.5. The molecule has 0 saturated carbocycles. The van der Waals surface area contributed by atoms with Crippen molar-refractivity contribution in [3.8, 4) is 5.75 Å². The number of nitrogens with zero attached hydrogens (tertiary/aromatic N) is 2. The van der Waals surface area contributed by atoms with Gasteiger partial charge >= 0.3 is 6.18 Å². The first-order valence-corrected chi connectivity index (χ1v) is 13.1. The van der Waals surface area contributed by atoms with Crippen molar-refractivity contribution >= 4 is 57.7 Å². The van der Waals surface area contributed by atoms with Gasteiger partial charge in [0.25, 0.3) is 0 Å². The molecule has 0 aliphatic rings. The van der Waals surface area contributed by atoms with Crippen LogP contribution in [0.25, 0.3) is 17.0 Å². The van der Waals surface area contributed by atoms with Crippen LogP contribution >= 0.6 is 23.2 Å². The number of fused-ring (bicyclic) bond motifs is 1. The highest BCUT2D eigenvalue weighted by molar-refractivity contribution is 6.38. The number of likely N-dealkylation sites (N-methyl/N-ethyl adjacent to an activating group) is 1. The Labute approximate surface area is 244 Å². The monoisotopic (exact) mass is 601 g/mol. The van der Waals surface area contributed by atoms with Gasteiger partial charge in [-0.05, 0) is 55.0 Å². The molecule has 0 atom stereocenters. The number of benzene rings is 3. The summed E-state index contributed by atoms with van der Waals surface area (Å²) in [4.78, 5) is 30.8. The Balaban J connectivity index is 1.41. The maximum absolute atomic E-state index is 12.9. The topological polar surface area (TPSA) is 71.5 Å². The van der Waals surface area contributed by atoms with Gasteiger partial charge in [-0.15, -0.1) is 0 Å². The third-order valence-electron chi connectivity index (χ3n) is 6.15. The zero-order valence-corrected chi connectivity index (χ0v) is 23.4. The predicted molar refractivity (Wildman–Crippen MR) is 154 cm³/mol. The van der Waals surface area contributed by atoms with Crippen molar-refractivity contribution in [1.82, 2.24) is 10.3 Å². The van der Waals surface area contributed by atoms with Gasteiger partial charge in [0.1, 0.15) is 17.9 Å². The fraction of sp³-hybridized carbons (Fsp3) is 0.167. The van der Waals surface area contributed by atoms with E-state index in [-0.39, 0.29) is 23.7 Å². The van der Waals surface area contributed by atoms with E-state index >= 15 is 0 Å². The van der Waals surface area contributed by atoms with E-state index in [2.05, 4.69) is 10.3 Å². The maximum atomic E-state index is 12.9. The molecule has 1 N–H and O–H groups in total. The van der Waals surface area contributed by atoms with Crippen LogP contribution in [-0.4, -0.2) is 30.4 Å². The van der Waals surface area contributed by atoms with Crippen LogP contribution in [0.5, 0.6) is 5.75 Å². The number of ether oxygens (including phenoxy) is 1. The fourth-order valence-corrected chi connectivity index (χ4v) is 4.53. The van der Waals surface area contributed by atoms with Gasteiger partial charge in [0.2, 0.25) is 11.8 Å². The molecule has 4 rings (SSSR count). The molecule has 0 bridgehead atoms. The van der Waals surface area contributed by atoms with Gasteiger partial charge in [-0.25, -0.2) is 4.98 Å². The van der Waals surface area contributed by atoms with Crippen LogP contribution < -0.4 is 15.0 Å². The van der Waals surface area contributed by atoms with Crippen molar-refractivity contribution in [3.63, 3.8) is 0 Å². The van der Waals surface area contributed by atoms with Crippen molar-refractivity contribution in [2.75, 3.05) is 18.5 Å². The minimum absolute atomic E-state index is 0.0132. The lowest BCUT2D eigenvalue weighted by molar-refractivity contribution is -0.137. The molecule has 3 aromatic carbocycles. The van der Waals surface area contributed by atoms with Crippen LogP contribution in [0, 0.1) is 6.92 Å². The number of anilines is 1. The molecule has 1 aromatic heterocycles. The van der Waals surface area contributed by atoms with Crippen molar-refractivity contribution in [2.24, 2.45) is 0 Å². The second-order valence-electron chi connectivity index (χ2n) is 9.06. The molecule has 0 radical (unpaired) electrons. The predicted octanol–water partition coefficient (Wildman–Crippen LogP) is 7.24. The van der Waals surface area contributed by atoms with Crippen molar-refractivity contribution in [2.45, 2.75) is 19.7 Å². The van der Waals surface area contributed by atoms with Crippen molar-refractivity contribution in [3.05, 3.63) is 105 Å². The maximum Gasteiger partial charge on any atom is 0.416 e. The molecule has 11 heteroatoms. The minimum atomic E-state index is -4.50. The fourth-order valence-electron chi connectivity index (χ4n) is 3.93. The van der Waals surface area contributed by atoms with Crippen LogP contribution in [-0.2, 0) is 22.4 Å². The van der Waals surface area contributed by atoms with Crippen LogP contribution in [0.2, 0.25) is 10.0 Å². The number of alkyl halides is 3. The Morgan fingerprint density at radius 1 is 1.05 bits per heavy atom. The summed E-state index contributed by atoms with van der Waals surface area (Å²) in [5.41, 5.74) is 1.70. The van der Waals surface area contributed by atoms with Crippen LogP contribution in [0.3, 0.4) is 0 Å². The lowest BCUT2D eigenvalue weighted by Crippen LogP contribution is -2.37. The molecule has 0 aliphatic carbocycles. The van der Waals surface area contributed by atoms with E-state index in [9.17, 15) is 22.8 Å². The van der Waals surface area contributed by atoms with Crippen LogP contribution in [0.15, 0.2) is 72.8 Å². The quantitative estimate of drug-likeness (QED) is 0.216. The highest BCUT2D eigenvalue weighted by Crippen LogP contribution is 2.35. The average Bonchev–Trinajstić information content (AvgIpc) is 2.94. The summed E-state index contributed by atoms with van der Waals surface area (Å²) >= 11 is 13.0. The van der Waals surface area contributed by atoms with Crippen molar-refractivity contribution < 1.29 is 27.5 Å². The molecule has 0 fully saturated rings. The molecule has 212 valence electrons. The summed E-state index contributed by atoms with van der Waals surface area (Å²) in [6, 6.07) is 17.1. The lowest BCUT2D eigenvalue weighted by Gasteiger charge is -2.21. The first kappa shape index (κ1) is 29.9. The van der Waals surface area contributed by atoms with Gasteiger partial charge < -0.3 is 15.0 Å². The molecule has 0 aliphatic heterocycles. The van der Waals surface area contributed by atoms with E-state index in [1.807, 2.05) is 31.2 Å². The number of nitrogens with one attached hydrogen (secondary N) is 1. The van der Waals surface area contributed by atoms with E-state index in [0.717, 1.165) is 29.3 Å². The molecule has 0 unspecified atom stereocenters. The van der Waals surface area contributed by atoms with E-state index in [1.54, 1.807) is 18.2 Å². The number of hydrogen-bond acceptors (Lipinski definition) is 4. The van der Waals surface area contributed by atoms with E-state index < -0.39 is 23.6 Å². The van der Waals surface area contributed by atoms with Gasteiger partial charge in [0, 0.05) is 34.8 Å². The molecule has 0 saturated heterocycles. The van der Waals surface area contributed by atoms with Crippen LogP contribution in [0.4, 0.5) is 18.9 Å². The molecule has 6 nitrogen and oxygen atoms in total. The summed E-state index contributed by atoms with van der Waals surface area (Å²) in [6.45, 7) is 1.52. The summed E-state index contributed by atoms with van der Waals surface area (Å²) < 4.78 is 44.7. The number of hydrogen-bond donors (Lipinski definition) is 1. The number of carbonyl (C=O) groups excluding carboxylic acids is 2. The Hall–Kier alpha value is -4.08. The zero-order chi connectivity index (χ0) is 29.7. The standard InChI is InChI=1S/C30H24Cl2F3N3O3/c1-18-9-11-20-6-4-8-25(29(20)37-18)41-17-22-23(31)12-13-24(28(22)32)38(2)27(40)16-36-26(39)14-10-19-5-3-7-21(15-19)30(33,34)35/h3-15H,16-17H2,1-2H3,(H,36,39)/b14-10+. The number of aromatic nitrogens is 1. The van der Waals surface area contributed by atoms with Gasteiger partial charge in [-0.2, -0.15) is 13.2 Å². The number of carbonyl (C=O) groups is 2. The van der Waals surface area contributed by atoms with Gasteiger partial charge in [0.05, 0.1) is 22.8 Å². The molecule has 1 heterocycles. The number of aryl methyl sites for hydroxylation is 1. The van der Waals surface area contributed by atoms with Gasteiger partial charge in [-0.1, -0.05) is 53.5 Å². The number of pyridine rings is 1. The zero-order valence-electron chi connectivity index (χ0n) is 21.9. The molecule has 2 amide bonds. The molecule has 4 aromatic rings. The second kappa shape index (κ2) is 12.6. The van der Waals surface area contributed by atoms with Gasteiger partial charge in [0.15, 0.2) is 0 Å². The first-order valence-electron chi connectivity index (χ1n) is 12.3. The Kier molecular flexibility index (Phi) is 9.20. The second-order valence-corrected chi connectivity index (χ2v) is 9.84. The lowest BCUT2D eigenvalue weighted by atomic mass is 10.1. The van der Waals surface area contributed by atoms with Crippen LogP contribution in [0.1, 0.15) is 22.4 Å². The Morgan fingerprint density at radius 2 is 1.80 bits per heavy atom. The SMILES string of the molecule is Cc1ccc2cccc(OCc3c(Cl)ccc(N(C)C(=O)CNC(=O)/C=C/c4cccc(C(F)(F)F)c4)c3Cl)c2n1. The minimum Gasteiger partial charge on any atom is -0.487 e. The van der Waals surface area contributed by atoms with Gasteiger partial charge in [-0.3, -0.25) is 9.59 Å². The third kappa shape index (κ3) is 7.36. The van der Waals surface area contributed by atoms with E-state index in [1.165, 1.54) is 30.2 Å². The number of amides is 2. The summed E-state index contributed by atoms with van der Waals surface area (Å²) in [7, 11) is 1.49. The Bertz CT molecular complexity index is 1640. The molecule has 0 spiro atoms. The molecule has 41 heavy (non-hydrogen) atoms. The number of halogens is 5. The van der Waals surface area contributed by atoms with E-state index in [0.29, 0.717) is 27.5 Å². The summed E-state index contributed by atoms with van der Waals surface area (Å²) in [5.74, 6) is -0.593.